The lowest BCUT2D eigenvalue weighted by Crippen LogP contribution is -2.42. The van der Waals surface area contributed by atoms with Crippen molar-refractivity contribution in [1.82, 2.24) is 14.9 Å². The molecule has 1 amide bonds. The molecule has 1 saturated heterocycles. The third-order valence-corrected chi connectivity index (χ3v) is 4.74. The van der Waals surface area contributed by atoms with Crippen molar-refractivity contribution in [2.75, 3.05) is 23.7 Å². The lowest BCUT2D eigenvalue weighted by Gasteiger charge is -2.31. The SMILES string of the molecule is CC[C@H]1CN(c2ncc(C)c(N)n2)CCC(=O)N1Cc1ccccc1. The van der Waals surface area contributed by atoms with Crippen molar-refractivity contribution in [2.24, 2.45) is 0 Å². The number of amides is 1. The molecule has 1 aromatic carbocycles. The Morgan fingerprint density at radius 1 is 1.28 bits per heavy atom. The Morgan fingerprint density at radius 3 is 2.72 bits per heavy atom. The van der Waals surface area contributed by atoms with E-state index >= 15 is 0 Å². The molecule has 1 aliphatic heterocycles. The van der Waals surface area contributed by atoms with Crippen molar-refractivity contribution in [3.8, 4) is 0 Å². The summed E-state index contributed by atoms with van der Waals surface area (Å²) < 4.78 is 0. The summed E-state index contributed by atoms with van der Waals surface area (Å²) in [6.07, 6.45) is 3.09. The van der Waals surface area contributed by atoms with Gasteiger partial charge in [0.25, 0.3) is 0 Å². The van der Waals surface area contributed by atoms with Gasteiger partial charge in [0.1, 0.15) is 5.82 Å². The fraction of sp³-hybridized carbons (Fsp3) is 0.421. The highest BCUT2D eigenvalue weighted by Gasteiger charge is 2.29. The molecule has 0 aliphatic carbocycles. The van der Waals surface area contributed by atoms with Gasteiger partial charge in [-0.1, -0.05) is 37.3 Å². The van der Waals surface area contributed by atoms with E-state index in [1.165, 1.54) is 0 Å². The van der Waals surface area contributed by atoms with Crippen LogP contribution in [0.15, 0.2) is 36.5 Å². The molecule has 1 fully saturated rings. The first-order chi connectivity index (χ1) is 12.1. The van der Waals surface area contributed by atoms with Crippen LogP contribution in [0.4, 0.5) is 11.8 Å². The molecule has 1 aromatic heterocycles. The van der Waals surface area contributed by atoms with Gasteiger partial charge in [-0.3, -0.25) is 4.79 Å². The molecular weight excluding hydrogens is 314 g/mol. The Kier molecular flexibility index (Phi) is 5.16. The van der Waals surface area contributed by atoms with Crippen LogP contribution in [0.2, 0.25) is 0 Å². The van der Waals surface area contributed by atoms with Gasteiger partial charge in [0.15, 0.2) is 0 Å². The standard InChI is InChI=1S/C19H25N5O/c1-3-16-13-23(19-21-11-14(2)18(20)22-19)10-9-17(25)24(16)12-15-7-5-4-6-8-15/h4-8,11,16H,3,9-10,12-13H2,1-2H3,(H2,20,21,22)/t16-/m0/s1. The Bertz CT molecular complexity index is 734. The molecule has 1 atom stereocenters. The second kappa shape index (κ2) is 7.51. The van der Waals surface area contributed by atoms with Crippen LogP contribution in [0.3, 0.4) is 0 Å². The van der Waals surface area contributed by atoms with Crippen molar-refractivity contribution in [3.63, 3.8) is 0 Å². The minimum atomic E-state index is 0.126. The van der Waals surface area contributed by atoms with Crippen molar-refractivity contribution < 1.29 is 4.79 Å². The number of carbonyl (C=O) groups is 1. The summed E-state index contributed by atoms with van der Waals surface area (Å²) >= 11 is 0. The van der Waals surface area contributed by atoms with Crippen molar-refractivity contribution in [1.29, 1.82) is 0 Å². The van der Waals surface area contributed by atoms with Crippen molar-refractivity contribution in [3.05, 3.63) is 47.7 Å². The molecule has 2 heterocycles. The highest BCUT2D eigenvalue weighted by Crippen LogP contribution is 2.21. The van der Waals surface area contributed by atoms with Gasteiger partial charge >= 0.3 is 0 Å². The zero-order valence-corrected chi connectivity index (χ0v) is 14.9. The van der Waals surface area contributed by atoms with Crippen LogP contribution in [-0.4, -0.2) is 39.9 Å². The van der Waals surface area contributed by atoms with Crippen LogP contribution >= 0.6 is 0 Å². The Labute approximate surface area is 148 Å². The van der Waals surface area contributed by atoms with E-state index in [9.17, 15) is 4.79 Å². The maximum atomic E-state index is 12.7. The van der Waals surface area contributed by atoms with Crippen LogP contribution in [0.5, 0.6) is 0 Å². The molecular formula is C19H25N5O. The van der Waals surface area contributed by atoms with Crippen LogP contribution in [0.25, 0.3) is 0 Å². The number of benzene rings is 1. The number of aromatic nitrogens is 2. The molecule has 1 aliphatic rings. The zero-order valence-electron chi connectivity index (χ0n) is 14.9. The minimum Gasteiger partial charge on any atom is -0.383 e. The average Bonchev–Trinajstić information content (AvgIpc) is 2.78. The second-order valence-electron chi connectivity index (χ2n) is 6.50. The number of nitrogens with two attached hydrogens (primary N) is 1. The highest BCUT2D eigenvalue weighted by atomic mass is 16.2. The number of hydrogen-bond donors (Lipinski definition) is 1. The van der Waals surface area contributed by atoms with E-state index in [2.05, 4.69) is 33.9 Å². The third kappa shape index (κ3) is 3.90. The maximum Gasteiger partial charge on any atom is 0.227 e. The fourth-order valence-electron chi connectivity index (χ4n) is 3.15. The summed E-state index contributed by atoms with van der Waals surface area (Å²) in [5.41, 5.74) is 7.95. The van der Waals surface area contributed by atoms with Gasteiger partial charge in [0.2, 0.25) is 11.9 Å². The van der Waals surface area contributed by atoms with E-state index in [0.29, 0.717) is 31.3 Å². The minimum absolute atomic E-state index is 0.126. The fourth-order valence-corrected chi connectivity index (χ4v) is 3.15. The number of carbonyl (C=O) groups excluding carboxylic acids is 1. The topological polar surface area (TPSA) is 75.4 Å². The number of nitrogen functional groups attached to an aromatic ring is 1. The van der Waals surface area contributed by atoms with Gasteiger partial charge in [0.05, 0.1) is 0 Å². The van der Waals surface area contributed by atoms with Crippen molar-refractivity contribution >= 4 is 17.7 Å². The van der Waals surface area contributed by atoms with Crippen LogP contribution in [-0.2, 0) is 11.3 Å². The second-order valence-corrected chi connectivity index (χ2v) is 6.50. The number of anilines is 2. The summed E-state index contributed by atoms with van der Waals surface area (Å²) in [6.45, 7) is 5.98. The van der Waals surface area contributed by atoms with E-state index in [1.807, 2.05) is 30.0 Å². The summed E-state index contributed by atoms with van der Waals surface area (Å²) in [7, 11) is 0. The highest BCUT2D eigenvalue weighted by molar-refractivity contribution is 5.77. The Morgan fingerprint density at radius 2 is 2.04 bits per heavy atom. The van der Waals surface area contributed by atoms with Crippen LogP contribution < -0.4 is 10.6 Å². The molecule has 0 saturated carbocycles. The predicted molar refractivity (Wildman–Crippen MR) is 99.1 cm³/mol. The summed E-state index contributed by atoms with van der Waals surface area (Å²) in [4.78, 5) is 25.6. The summed E-state index contributed by atoms with van der Waals surface area (Å²) in [5, 5.41) is 0. The molecule has 132 valence electrons. The van der Waals surface area contributed by atoms with E-state index in [0.717, 1.165) is 24.1 Å². The van der Waals surface area contributed by atoms with E-state index < -0.39 is 0 Å². The zero-order chi connectivity index (χ0) is 17.8. The lowest BCUT2D eigenvalue weighted by atomic mass is 10.1. The van der Waals surface area contributed by atoms with E-state index in [4.69, 9.17) is 5.73 Å². The summed E-state index contributed by atoms with van der Waals surface area (Å²) in [6, 6.07) is 10.3. The van der Waals surface area contributed by atoms with Gasteiger partial charge in [-0.05, 0) is 18.9 Å². The third-order valence-electron chi connectivity index (χ3n) is 4.74. The van der Waals surface area contributed by atoms with Crippen LogP contribution in [0.1, 0.15) is 30.9 Å². The quantitative estimate of drug-likeness (QED) is 0.925. The number of aryl methyl sites for hydroxylation is 1. The molecule has 3 rings (SSSR count). The maximum absolute atomic E-state index is 12.7. The molecule has 25 heavy (non-hydrogen) atoms. The first-order valence-corrected chi connectivity index (χ1v) is 8.76. The first-order valence-electron chi connectivity index (χ1n) is 8.76. The van der Waals surface area contributed by atoms with E-state index in [1.54, 1.807) is 6.20 Å². The molecule has 2 aromatic rings. The largest absolute Gasteiger partial charge is 0.383 e. The molecule has 0 radical (unpaired) electrons. The van der Waals surface area contributed by atoms with Gasteiger partial charge in [-0.25, -0.2) is 4.98 Å². The molecule has 0 spiro atoms. The van der Waals surface area contributed by atoms with Gasteiger partial charge in [-0.2, -0.15) is 4.98 Å². The number of hydrogen-bond acceptors (Lipinski definition) is 5. The lowest BCUT2D eigenvalue weighted by molar-refractivity contribution is -0.133. The van der Waals surface area contributed by atoms with Crippen LogP contribution in [0, 0.1) is 6.92 Å². The normalized spacial score (nSPS) is 18.3. The molecule has 0 bridgehead atoms. The summed E-state index contributed by atoms with van der Waals surface area (Å²) in [5.74, 6) is 1.28. The molecule has 0 unspecified atom stereocenters. The van der Waals surface area contributed by atoms with Crippen molar-refractivity contribution in [2.45, 2.75) is 39.3 Å². The number of nitrogens with zero attached hydrogens (tertiary/aromatic N) is 4. The Hall–Kier alpha value is -2.63. The molecule has 6 heteroatoms. The average molecular weight is 339 g/mol. The van der Waals surface area contributed by atoms with Gasteiger partial charge in [-0.15, -0.1) is 0 Å². The Balaban J connectivity index is 1.81. The molecule has 6 nitrogen and oxygen atoms in total. The predicted octanol–water partition coefficient (Wildman–Crippen LogP) is 2.38. The monoisotopic (exact) mass is 339 g/mol. The van der Waals surface area contributed by atoms with Gasteiger partial charge < -0.3 is 15.5 Å². The number of rotatable bonds is 4. The van der Waals surface area contributed by atoms with E-state index in [-0.39, 0.29) is 11.9 Å². The molecule has 2 N–H and O–H groups in total. The van der Waals surface area contributed by atoms with Gasteiger partial charge in [0, 0.05) is 43.9 Å². The first kappa shape index (κ1) is 17.2. The smallest absolute Gasteiger partial charge is 0.227 e.